The Morgan fingerprint density at radius 3 is 2.69 bits per heavy atom. The molecule has 1 atom stereocenters. The highest BCUT2D eigenvalue weighted by Crippen LogP contribution is 2.09. The number of aryl methyl sites for hydroxylation is 1. The van der Waals surface area contributed by atoms with E-state index in [1.807, 2.05) is 26.8 Å². The SMILES string of the molecule is CCC(C)C(=O)c1ccc(C)cn1. The van der Waals surface area contributed by atoms with Gasteiger partial charge in [0.2, 0.25) is 0 Å². The molecule has 13 heavy (non-hydrogen) atoms. The number of Topliss-reactive ketones (excluding diaryl/α,β-unsaturated/α-hetero) is 1. The third-order valence-corrected chi connectivity index (χ3v) is 2.22. The summed E-state index contributed by atoms with van der Waals surface area (Å²) in [5.41, 5.74) is 1.67. The summed E-state index contributed by atoms with van der Waals surface area (Å²) in [6, 6.07) is 3.71. The standard InChI is InChI=1S/C11H15NO/c1-4-9(3)11(13)10-6-5-8(2)7-12-10/h5-7,9H,4H2,1-3H3. The molecular formula is C11H15NO. The van der Waals surface area contributed by atoms with Crippen LogP contribution in [0.3, 0.4) is 0 Å². The van der Waals surface area contributed by atoms with Gasteiger partial charge in [-0.05, 0) is 25.0 Å². The van der Waals surface area contributed by atoms with Gasteiger partial charge in [-0.25, -0.2) is 0 Å². The molecule has 0 aliphatic rings. The van der Waals surface area contributed by atoms with Crippen molar-refractivity contribution in [2.24, 2.45) is 5.92 Å². The Morgan fingerprint density at radius 1 is 1.54 bits per heavy atom. The Balaban J connectivity index is 2.83. The van der Waals surface area contributed by atoms with Crippen LogP contribution in [0.1, 0.15) is 36.3 Å². The number of pyridine rings is 1. The monoisotopic (exact) mass is 177 g/mol. The zero-order chi connectivity index (χ0) is 9.84. The molecule has 2 heteroatoms. The molecule has 2 nitrogen and oxygen atoms in total. The van der Waals surface area contributed by atoms with Crippen LogP contribution in [-0.2, 0) is 0 Å². The Bertz CT molecular complexity index is 289. The molecule has 0 amide bonds. The molecule has 0 bridgehead atoms. The van der Waals surface area contributed by atoms with Gasteiger partial charge in [-0.2, -0.15) is 0 Å². The first kappa shape index (κ1) is 9.90. The molecule has 0 fully saturated rings. The maximum Gasteiger partial charge on any atom is 0.183 e. The second kappa shape index (κ2) is 4.17. The van der Waals surface area contributed by atoms with Crippen molar-refractivity contribution in [1.82, 2.24) is 4.98 Å². The van der Waals surface area contributed by atoms with Crippen molar-refractivity contribution in [2.75, 3.05) is 0 Å². The highest BCUT2D eigenvalue weighted by atomic mass is 16.1. The molecule has 1 aromatic rings. The van der Waals surface area contributed by atoms with Gasteiger partial charge in [-0.15, -0.1) is 0 Å². The molecule has 0 aliphatic heterocycles. The lowest BCUT2D eigenvalue weighted by atomic mass is 10.0. The third-order valence-electron chi connectivity index (χ3n) is 2.22. The Labute approximate surface area is 79.0 Å². The van der Waals surface area contributed by atoms with E-state index in [0.717, 1.165) is 12.0 Å². The number of aromatic nitrogens is 1. The van der Waals surface area contributed by atoms with Crippen LogP contribution in [0.25, 0.3) is 0 Å². The summed E-state index contributed by atoms with van der Waals surface area (Å²) in [7, 11) is 0. The fraction of sp³-hybridized carbons (Fsp3) is 0.455. The molecule has 70 valence electrons. The summed E-state index contributed by atoms with van der Waals surface area (Å²) < 4.78 is 0. The number of hydrogen-bond acceptors (Lipinski definition) is 2. The Kier molecular flexibility index (Phi) is 3.18. The first-order chi connectivity index (χ1) is 6.15. The lowest BCUT2D eigenvalue weighted by Gasteiger charge is -2.05. The summed E-state index contributed by atoms with van der Waals surface area (Å²) >= 11 is 0. The average Bonchev–Trinajstić information content (AvgIpc) is 2.17. The van der Waals surface area contributed by atoms with Crippen LogP contribution in [0.2, 0.25) is 0 Å². The van der Waals surface area contributed by atoms with Gasteiger partial charge in [0.05, 0.1) is 0 Å². The van der Waals surface area contributed by atoms with Crippen molar-refractivity contribution in [3.8, 4) is 0 Å². The minimum Gasteiger partial charge on any atom is -0.292 e. The summed E-state index contributed by atoms with van der Waals surface area (Å²) in [5.74, 6) is 0.220. The zero-order valence-corrected chi connectivity index (χ0v) is 8.37. The van der Waals surface area contributed by atoms with E-state index in [4.69, 9.17) is 0 Å². The number of carbonyl (C=O) groups excluding carboxylic acids is 1. The molecule has 1 aromatic heterocycles. The quantitative estimate of drug-likeness (QED) is 0.664. The summed E-state index contributed by atoms with van der Waals surface area (Å²) in [6.07, 6.45) is 2.60. The first-order valence-electron chi connectivity index (χ1n) is 4.62. The van der Waals surface area contributed by atoms with Crippen molar-refractivity contribution in [1.29, 1.82) is 0 Å². The van der Waals surface area contributed by atoms with Crippen LogP contribution in [0.4, 0.5) is 0 Å². The fourth-order valence-corrected chi connectivity index (χ4v) is 1.05. The fourth-order valence-electron chi connectivity index (χ4n) is 1.05. The van der Waals surface area contributed by atoms with E-state index in [0.29, 0.717) is 5.69 Å². The molecule has 0 saturated carbocycles. The average molecular weight is 177 g/mol. The Morgan fingerprint density at radius 2 is 2.23 bits per heavy atom. The van der Waals surface area contributed by atoms with Gasteiger partial charge in [0.25, 0.3) is 0 Å². The summed E-state index contributed by atoms with van der Waals surface area (Å²) in [4.78, 5) is 15.7. The van der Waals surface area contributed by atoms with Crippen LogP contribution in [-0.4, -0.2) is 10.8 Å². The van der Waals surface area contributed by atoms with Gasteiger partial charge >= 0.3 is 0 Å². The van der Waals surface area contributed by atoms with E-state index in [-0.39, 0.29) is 11.7 Å². The number of hydrogen-bond donors (Lipinski definition) is 0. The van der Waals surface area contributed by atoms with E-state index in [1.165, 1.54) is 0 Å². The lowest BCUT2D eigenvalue weighted by Crippen LogP contribution is -2.11. The number of rotatable bonds is 3. The van der Waals surface area contributed by atoms with Crippen molar-refractivity contribution in [3.05, 3.63) is 29.6 Å². The summed E-state index contributed by atoms with van der Waals surface area (Å²) in [5, 5.41) is 0. The first-order valence-corrected chi connectivity index (χ1v) is 4.62. The molecule has 0 N–H and O–H groups in total. The summed E-state index contributed by atoms with van der Waals surface area (Å²) in [6.45, 7) is 5.91. The molecule has 1 heterocycles. The molecule has 0 aromatic carbocycles. The van der Waals surface area contributed by atoms with E-state index in [2.05, 4.69) is 4.98 Å². The van der Waals surface area contributed by atoms with Gasteiger partial charge < -0.3 is 0 Å². The van der Waals surface area contributed by atoms with Crippen LogP contribution in [0, 0.1) is 12.8 Å². The van der Waals surface area contributed by atoms with E-state index in [9.17, 15) is 4.79 Å². The van der Waals surface area contributed by atoms with Crippen LogP contribution in [0.5, 0.6) is 0 Å². The van der Waals surface area contributed by atoms with Crippen LogP contribution < -0.4 is 0 Å². The van der Waals surface area contributed by atoms with Gasteiger partial charge in [-0.1, -0.05) is 19.9 Å². The maximum absolute atomic E-state index is 11.6. The lowest BCUT2D eigenvalue weighted by molar-refractivity contribution is 0.0922. The van der Waals surface area contributed by atoms with Crippen molar-refractivity contribution in [3.63, 3.8) is 0 Å². The van der Waals surface area contributed by atoms with Gasteiger partial charge in [0.15, 0.2) is 5.78 Å². The van der Waals surface area contributed by atoms with Gasteiger partial charge in [0, 0.05) is 12.1 Å². The molecular weight excluding hydrogens is 162 g/mol. The number of ketones is 1. The molecule has 1 unspecified atom stereocenters. The predicted molar refractivity (Wildman–Crippen MR) is 52.8 cm³/mol. The van der Waals surface area contributed by atoms with E-state index >= 15 is 0 Å². The van der Waals surface area contributed by atoms with Crippen molar-refractivity contribution in [2.45, 2.75) is 27.2 Å². The van der Waals surface area contributed by atoms with E-state index in [1.54, 1.807) is 12.3 Å². The van der Waals surface area contributed by atoms with Crippen molar-refractivity contribution < 1.29 is 4.79 Å². The molecule has 0 radical (unpaired) electrons. The molecule has 0 spiro atoms. The second-order valence-electron chi connectivity index (χ2n) is 3.39. The number of carbonyl (C=O) groups is 1. The third kappa shape index (κ3) is 2.38. The molecule has 0 saturated heterocycles. The maximum atomic E-state index is 11.6. The second-order valence-corrected chi connectivity index (χ2v) is 3.39. The minimum absolute atomic E-state index is 0.0789. The predicted octanol–water partition coefficient (Wildman–Crippen LogP) is 2.62. The highest BCUT2D eigenvalue weighted by Gasteiger charge is 2.13. The topological polar surface area (TPSA) is 30.0 Å². The normalized spacial score (nSPS) is 12.5. The highest BCUT2D eigenvalue weighted by molar-refractivity contribution is 5.95. The smallest absolute Gasteiger partial charge is 0.183 e. The molecule has 1 rings (SSSR count). The largest absolute Gasteiger partial charge is 0.292 e. The Hall–Kier alpha value is -1.18. The van der Waals surface area contributed by atoms with Crippen LogP contribution >= 0.6 is 0 Å². The van der Waals surface area contributed by atoms with Crippen LogP contribution in [0.15, 0.2) is 18.3 Å². The van der Waals surface area contributed by atoms with Gasteiger partial charge in [-0.3, -0.25) is 9.78 Å². The van der Waals surface area contributed by atoms with Gasteiger partial charge in [0.1, 0.15) is 5.69 Å². The number of nitrogens with zero attached hydrogens (tertiary/aromatic N) is 1. The zero-order valence-electron chi connectivity index (χ0n) is 8.37. The molecule has 0 aliphatic carbocycles. The minimum atomic E-state index is 0.0789. The van der Waals surface area contributed by atoms with Crippen molar-refractivity contribution >= 4 is 5.78 Å². The van der Waals surface area contributed by atoms with E-state index < -0.39 is 0 Å².